The summed E-state index contributed by atoms with van der Waals surface area (Å²) in [7, 11) is 0. The molecule has 0 aromatic carbocycles. The molecular weight excluding hydrogens is 200 g/mol. The maximum absolute atomic E-state index is 5.57. The third-order valence-electron chi connectivity index (χ3n) is 2.22. The van der Waals surface area contributed by atoms with Crippen LogP contribution in [0.3, 0.4) is 0 Å². The second-order valence-electron chi connectivity index (χ2n) is 4.57. The van der Waals surface area contributed by atoms with Crippen molar-refractivity contribution in [1.82, 2.24) is 10.3 Å². The summed E-state index contributed by atoms with van der Waals surface area (Å²) in [4.78, 5) is 3.99. The molecule has 0 saturated heterocycles. The molecule has 0 aliphatic heterocycles. The van der Waals surface area contributed by atoms with Crippen molar-refractivity contribution in [1.29, 1.82) is 0 Å². The molecule has 0 spiro atoms. The summed E-state index contributed by atoms with van der Waals surface area (Å²) in [6.07, 6.45) is 3.63. The highest BCUT2D eigenvalue weighted by Gasteiger charge is 2.02. The van der Waals surface area contributed by atoms with Crippen LogP contribution in [0.5, 0.6) is 0 Å². The standard InChI is InChI=1S/C13H22N2O/c1-11(2)9-16-10-12(3)15-8-13-4-6-14-7-5-13/h4-7,11-12,15H,8-10H2,1-3H3. The van der Waals surface area contributed by atoms with E-state index in [4.69, 9.17) is 4.74 Å². The molecule has 1 heterocycles. The lowest BCUT2D eigenvalue weighted by Gasteiger charge is -2.15. The molecule has 1 N–H and O–H groups in total. The Hall–Kier alpha value is -0.930. The Kier molecular flexibility index (Phi) is 6.04. The number of rotatable bonds is 7. The fourth-order valence-electron chi connectivity index (χ4n) is 1.33. The van der Waals surface area contributed by atoms with Crippen molar-refractivity contribution in [3.8, 4) is 0 Å². The number of hydrogen-bond donors (Lipinski definition) is 1. The number of nitrogens with zero attached hydrogens (tertiary/aromatic N) is 1. The van der Waals surface area contributed by atoms with Crippen LogP contribution in [0.25, 0.3) is 0 Å². The Bertz CT molecular complexity index is 275. The first-order valence-electron chi connectivity index (χ1n) is 5.88. The molecule has 0 bridgehead atoms. The first-order chi connectivity index (χ1) is 7.68. The lowest BCUT2D eigenvalue weighted by atomic mass is 10.2. The van der Waals surface area contributed by atoms with Crippen molar-refractivity contribution in [2.45, 2.75) is 33.4 Å². The first kappa shape index (κ1) is 13.1. The van der Waals surface area contributed by atoms with Crippen LogP contribution in [0.1, 0.15) is 26.3 Å². The summed E-state index contributed by atoms with van der Waals surface area (Å²) in [5, 5.41) is 3.42. The van der Waals surface area contributed by atoms with Crippen molar-refractivity contribution >= 4 is 0 Å². The van der Waals surface area contributed by atoms with Gasteiger partial charge in [-0.1, -0.05) is 13.8 Å². The topological polar surface area (TPSA) is 34.1 Å². The molecule has 1 rings (SSSR count). The van der Waals surface area contributed by atoms with Gasteiger partial charge in [-0.3, -0.25) is 4.98 Å². The first-order valence-corrected chi connectivity index (χ1v) is 5.88. The minimum absolute atomic E-state index is 0.381. The third-order valence-corrected chi connectivity index (χ3v) is 2.22. The van der Waals surface area contributed by atoms with Crippen molar-refractivity contribution in [3.05, 3.63) is 30.1 Å². The monoisotopic (exact) mass is 222 g/mol. The van der Waals surface area contributed by atoms with Crippen LogP contribution in [0.4, 0.5) is 0 Å². The van der Waals surface area contributed by atoms with E-state index in [1.807, 2.05) is 24.5 Å². The minimum atomic E-state index is 0.381. The zero-order chi connectivity index (χ0) is 11.8. The highest BCUT2D eigenvalue weighted by Crippen LogP contribution is 1.97. The lowest BCUT2D eigenvalue weighted by Crippen LogP contribution is -2.30. The molecule has 1 aromatic rings. The normalized spacial score (nSPS) is 13.0. The SMILES string of the molecule is CC(C)COCC(C)NCc1ccncc1. The molecule has 3 nitrogen and oxygen atoms in total. The van der Waals surface area contributed by atoms with E-state index >= 15 is 0 Å². The highest BCUT2D eigenvalue weighted by molar-refractivity contribution is 5.09. The van der Waals surface area contributed by atoms with Crippen LogP contribution in [0, 0.1) is 5.92 Å². The molecule has 16 heavy (non-hydrogen) atoms. The fourth-order valence-corrected chi connectivity index (χ4v) is 1.33. The third kappa shape index (κ3) is 5.83. The molecule has 1 unspecified atom stereocenters. The fraction of sp³-hybridized carbons (Fsp3) is 0.615. The predicted molar refractivity (Wildman–Crippen MR) is 66.2 cm³/mol. The van der Waals surface area contributed by atoms with Crippen molar-refractivity contribution < 1.29 is 4.74 Å². The number of hydrogen-bond acceptors (Lipinski definition) is 3. The highest BCUT2D eigenvalue weighted by atomic mass is 16.5. The van der Waals surface area contributed by atoms with Crippen LogP contribution < -0.4 is 5.32 Å². The van der Waals surface area contributed by atoms with Gasteiger partial charge >= 0.3 is 0 Å². The van der Waals surface area contributed by atoms with Gasteiger partial charge in [-0.2, -0.15) is 0 Å². The molecule has 0 aliphatic carbocycles. The molecule has 0 amide bonds. The van der Waals surface area contributed by atoms with Gasteiger partial charge in [-0.15, -0.1) is 0 Å². The molecule has 0 fully saturated rings. The second kappa shape index (κ2) is 7.36. The maximum Gasteiger partial charge on any atom is 0.0617 e. The molecular formula is C13H22N2O. The summed E-state index contributed by atoms with van der Waals surface area (Å²) in [5.74, 6) is 0.604. The number of pyridine rings is 1. The van der Waals surface area contributed by atoms with Gasteiger partial charge in [0.1, 0.15) is 0 Å². The summed E-state index contributed by atoms with van der Waals surface area (Å²) < 4.78 is 5.57. The summed E-state index contributed by atoms with van der Waals surface area (Å²) in [5.41, 5.74) is 1.26. The van der Waals surface area contributed by atoms with Gasteiger partial charge in [0, 0.05) is 31.6 Å². The molecule has 90 valence electrons. The number of ether oxygens (including phenoxy) is 1. The van der Waals surface area contributed by atoms with E-state index in [0.717, 1.165) is 19.8 Å². The Balaban J connectivity index is 2.13. The second-order valence-corrected chi connectivity index (χ2v) is 4.57. The van der Waals surface area contributed by atoms with Gasteiger partial charge in [0.15, 0.2) is 0 Å². The largest absolute Gasteiger partial charge is 0.380 e. The maximum atomic E-state index is 5.57. The van der Waals surface area contributed by atoms with E-state index in [9.17, 15) is 0 Å². The van der Waals surface area contributed by atoms with E-state index in [2.05, 4.69) is 31.1 Å². The lowest BCUT2D eigenvalue weighted by molar-refractivity contribution is 0.0935. The van der Waals surface area contributed by atoms with E-state index in [1.165, 1.54) is 5.56 Å². The van der Waals surface area contributed by atoms with Crippen LogP contribution in [0.2, 0.25) is 0 Å². The Morgan fingerprint density at radius 3 is 2.50 bits per heavy atom. The molecule has 1 aromatic heterocycles. The Morgan fingerprint density at radius 1 is 1.19 bits per heavy atom. The van der Waals surface area contributed by atoms with Crippen LogP contribution in [-0.2, 0) is 11.3 Å². The number of aromatic nitrogens is 1. The van der Waals surface area contributed by atoms with E-state index in [-0.39, 0.29) is 0 Å². The number of nitrogens with one attached hydrogen (secondary N) is 1. The average molecular weight is 222 g/mol. The van der Waals surface area contributed by atoms with Gasteiger partial charge in [-0.05, 0) is 30.5 Å². The molecule has 0 saturated carbocycles. The van der Waals surface area contributed by atoms with Crippen LogP contribution in [-0.4, -0.2) is 24.2 Å². The quantitative estimate of drug-likeness (QED) is 0.768. The summed E-state index contributed by atoms with van der Waals surface area (Å²) in [6.45, 7) is 8.94. The molecule has 1 atom stereocenters. The predicted octanol–water partition coefficient (Wildman–Crippen LogP) is 2.23. The molecule has 3 heteroatoms. The Morgan fingerprint density at radius 2 is 1.88 bits per heavy atom. The average Bonchev–Trinajstić information content (AvgIpc) is 2.27. The van der Waals surface area contributed by atoms with Crippen molar-refractivity contribution in [3.63, 3.8) is 0 Å². The van der Waals surface area contributed by atoms with Crippen molar-refractivity contribution in [2.24, 2.45) is 5.92 Å². The van der Waals surface area contributed by atoms with E-state index in [1.54, 1.807) is 0 Å². The smallest absolute Gasteiger partial charge is 0.0617 e. The van der Waals surface area contributed by atoms with Crippen LogP contribution >= 0.6 is 0 Å². The van der Waals surface area contributed by atoms with Gasteiger partial charge in [0.05, 0.1) is 6.61 Å². The minimum Gasteiger partial charge on any atom is -0.380 e. The van der Waals surface area contributed by atoms with Gasteiger partial charge in [0.2, 0.25) is 0 Å². The molecule has 0 radical (unpaired) electrons. The van der Waals surface area contributed by atoms with E-state index in [0.29, 0.717) is 12.0 Å². The van der Waals surface area contributed by atoms with Crippen LogP contribution in [0.15, 0.2) is 24.5 Å². The zero-order valence-electron chi connectivity index (χ0n) is 10.4. The zero-order valence-corrected chi connectivity index (χ0v) is 10.4. The molecule has 0 aliphatic rings. The summed E-state index contributed by atoms with van der Waals surface area (Å²) >= 11 is 0. The van der Waals surface area contributed by atoms with Gasteiger partial charge in [0.25, 0.3) is 0 Å². The van der Waals surface area contributed by atoms with E-state index < -0.39 is 0 Å². The summed E-state index contributed by atoms with van der Waals surface area (Å²) in [6, 6.07) is 4.43. The van der Waals surface area contributed by atoms with Gasteiger partial charge < -0.3 is 10.1 Å². The van der Waals surface area contributed by atoms with Gasteiger partial charge in [-0.25, -0.2) is 0 Å². The van der Waals surface area contributed by atoms with Crippen molar-refractivity contribution in [2.75, 3.05) is 13.2 Å². The Labute approximate surface area is 98.2 Å².